The van der Waals surface area contributed by atoms with Gasteiger partial charge >= 0.3 is 11.9 Å². The lowest BCUT2D eigenvalue weighted by Gasteiger charge is -2.32. The van der Waals surface area contributed by atoms with E-state index in [1.54, 1.807) is 20.8 Å². The molecule has 11 heteroatoms. The third kappa shape index (κ3) is 10.2. The van der Waals surface area contributed by atoms with Crippen LogP contribution in [0.15, 0.2) is 12.3 Å². The average Bonchev–Trinajstić information content (AvgIpc) is 2.94. The van der Waals surface area contributed by atoms with Gasteiger partial charge in [0.15, 0.2) is 17.2 Å². The van der Waals surface area contributed by atoms with Gasteiger partial charge in [-0.05, 0) is 38.0 Å². The predicted molar refractivity (Wildman–Crippen MR) is 147 cm³/mol. The number of carbonyl (C=O) groups excluding carboxylic acids is 3. The van der Waals surface area contributed by atoms with Crippen LogP contribution >= 0.6 is 0 Å². The lowest BCUT2D eigenvalue weighted by atomic mass is 10.0. The van der Waals surface area contributed by atoms with Gasteiger partial charge in [0.05, 0.1) is 19.1 Å². The third-order valence-corrected chi connectivity index (χ3v) is 6.15. The third-order valence-electron chi connectivity index (χ3n) is 6.15. The van der Waals surface area contributed by atoms with Crippen LogP contribution < -0.4 is 14.8 Å². The maximum Gasteiger partial charge on any atom is 0.329 e. The van der Waals surface area contributed by atoms with Crippen LogP contribution in [0.5, 0.6) is 11.5 Å². The van der Waals surface area contributed by atoms with Crippen molar-refractivity contribution in [2.24, 2.45) is 17.8 Å². The lowest BCUT2D eigenvalue weighted by Crippen LogP contribution is -2.46. The Hall–Kier alpha value is -2.92. The Morgan fingerprint density at radius 1 is 1.07 bits per heavy atom. The SMILES string of the molecule is COc1ccnc(C(=O)N[C@H]2CCC[C@H](OCC(C)C)[C@@H](OCC(C)C)[C@H](C)OC2=O)c1OCOC(=O)C(C)C. The fourth-order valence-electron chi connectivity index (χ4n) is 4.04. The topological polar surface area (TPSA) is 132 Å². The molecule has 1 amide bonds. The average molecular weight is 567 g/mol. The van der Waals surface area contributed by atoms with Crippen LogP contribution in [0.25, 0.3) is 0 Å². The first kappa shape index (κ1) is 33.3. The molecule has 4 atom stereocenters. The molecule has 1 saturated heterocycles. The second kappa shape index (κ2) is 16.4. The summed E-state index contributed by atoms with van der Waals surface area (Å²) in [5, 5.41) is 2.74. The summed E-state index contributed by atoms with van der Waals surface area (Å²) in [4.78, 5) is 42.5. The minimum absolute atomic E-state index is 0.00634. The molecule has 226 valence electrons. The molecule has 1 aliphatic rings. The molecule has 0 aromatic carbocycles. The summed E-state index contributed by atoms with van der Waals surface area (Å²) in [6.45, 7) is 14.1. The molecule has 2 heterocycles. The highest BCUT2D eigenvalue weighted by molar-refractivity contribution is 5.98. The zero-order chi connectivity index (χ0) is 29.8. The van der Waals surface area contributed by atoms with Crippen LogP contribution in [0.3, 0.4) is 0 Å². The number of amides is 1. The standard InChI is InChI=1S/C29H46N2O9/c1-17(2)14-36-23-11-9-10-21(29(34)40-20(7)25(23)37-15-18(3)4)31-27(32)24-26(22(35-8)12-13-30-24)38-16-39-28(33)19(5)6/h12-13,17-21,23,25H,9-11,14-16H2,1-8H3,(H,31,32)/t20-,21-,23-,25-/m0/s1. The summed E-state index contributed by atoms with van der Waals surface area (Å²) in [6, 6.07) is 0.588. The monoisotopic (exact) mass is 566 g/mol. The number of pyridine rings is 1. The van der Waals surface area contributed by atoms with Gasteiger partial charge in [0.1, 0.15) is 18.2 Å². The zero-order valence-corrected chi connectivity index (χ0v) is 25.1. The molecule has 0 bridgehead atoms. The molecular formula is C29H46N2O9. The van der Waals surface area contributed by atoms with Gasteiger partial charge in [-0.2, -0.15) is 0 Å². The molecule has 1 aromatic rings. The van der Waals surface area contributed by atoms with E-state index in [1.807, 2.05) is 0 Å². The molecule has 1 fully saturated rings. The van der Waals surface area contributed by atoms with Crippen molar-refractivity contribution in [3.05, 3.63) is 18.0 Å². The van der Waals surface area contributed by atoms with Gasteiger partial charge < -0.3 is 33.7 Å². The lowest BCUT2D eigenvalue weighted by molar-refractivity contribution is -0.169. The fraction of sp³-hybridized carbons (Fsp3) is 0.724. The van der Waals surface area contributed by atoms with Gasteiger partial charge in [-0.3, -0.25) is 9.59 Å². The van der Waals surface area contributed by atoms with Crippen molar-refractivity contribution >= 4 is 17.8 Å². The number of nitrogens with one attached hydrogen (secondary N) is 1. The number of hydrogen-bond acceptors (Lipinski definition) is 10. The summed E-state index contributed by atoms with van der Waals surface area (Å²) < 4.78 is 34.1. The Morgan fingerprint density at radius 2 is 1.75 bits per heavy atom. The van der Waals surface area contributed by atoms with Crippen LogP contribution in [0.2, 0.25) is 0 Å². The van der Waals surface area contributed by atoms with Crippen molar-refractivity contribution in [2.75, 3.05) is 27.1 Å². The highest BCUT2D eigenvalue weighted by Gasteiger charge is 2.36. The molecule has 0 spiro atoms. The molecule has 1 N–H and O–H groups in total. The summed E-state index contributed by atoms with van der Waals surface area (Å²) >= 11 is 0. The molecule has 0 saturated carbocycles. The molecule has 11 nitrogen and oxygen atoms in total. The highest BCUT2D eigenvalue weighted by atomic mass is 16.7. The van der Waals surface area contributed by atoms with Crippen molar-refractivity contribution in [1.82, 2.24) is 10.3 Å². The number of rotatable bonds is 13. The first-order valence-electron chi connectivity index (χ1n) is 14.0. The van der Waals surface area contributed by atoms with Crippen LogP contribution in [-0.4, -0.2) is 74.3 Å². The van der Waals surface area contributed by atoms with Crippen molar-refractivity contribution in [2.45, 2.75) is 92.1 Å². The number of ether oxygens (including phenoxy) is 6. The Balaban J connectivity index is 2.20. The fourth-order valence-corrected chi connectivity index (χ4v) is 4.04. The number of hydrogen-bond donors (Lipinski definition) is 1. The van der Waals surface area contributed by atoms with Crippen molar-refractivity contribution in [1.29, 1.82) is 0 Å². The number of nitrogens with zero attached hydrogens (tertiary/aromatic N) is 1. The first-order chi connectivity index (χ1) is 18.9. The van der Waals surface area contributed by atoms with Gasteiger partial charge in [-0.25, -0.2) is 9.78 Å². The van der Waals surface area contributed by atoms with Crippen LogP contribution in [0.4, 0.5) is 0 Å². The Labute approximate surface area is 237 Å². The second-order valence-corrected chi connectivity index (χ2v) is 11.1. The smallest absolute Gasteiger partial charge is 0.329 e. The van der Waals surface area contributed by atoms with Gasteiger partial charge in [-0.1, -0.05) is 41.5 Å². The molecule has 0 aliphatic carbocycles. The molecule has 0 radical (unpaired) electrons. The van der Waals surface area contributed by atoms with Gasteiger partial charge in [0.2, 0.25) is 6.79 Å². The van der Waals surface area contributed by atoms with E-state index in [4.69, 9.17) is 28.4 Å². The largest absolute Gasteiger partial charge is 0.493 e. The predicted octanol–water partition coefficient (Wildman–Crippen LogP) is 3.92. The Kier molecular flexibility index (Phi) is 13.6. The van der Waals surface area contributed by atoms with Crippen molar-refractivity contribution in [3.63, 3.8) is 0 Å². The van der Waals surface area contributed by atoms with E-state index >= 15 is 0 Å². The van der Waals surface area contributed by atoms with E-state index < -0.39 is 42.9 Å². The van der Waals surface area contributed by atoms with Gasteiger partial charge in [0, 0.05) is 25.5 Å². The van der Waals surface area contributed by atoms with Crippen LogP contribution in [0.1, 0.15) is 78.2 Å². The molecular weight excluding hydrogens is 520 g/mol. The second-order valence-electron chi connectivity index (χ2n) is 11.1. The Bertz CT molecular complexity index is 967. The van der Waals surface area contributed by atoms with E-state index in [0.29, 0.717) is 44.3 Å². The number of cyclic esters (lactones) is 1. The summed E-state index contributed by atoms with van der Waals surface area (Å²) in [6.07, 6.45) is 1.66. The summed E-state index contributed by atoms with van der Waals surface area (Å²) in [7, 11) is 1.41. The number of carbonyl (C=O) groups is 3. The van der Waals surface area contributed by atoms with E-state index in [2.05, 4.69) is 38.0 Å². The summed E-state index contributed by atoms with van der Waals surface area (Å²) in [5.74, 6) is -1.17. The number of esters is 2. The quantitative estimate of drug-likeness (QED) is 0.277. The molecule has 1 aliphatic heterocycles. The number of methoxy groups -OCH3 is 1. The maximum atomic E-state index is 13.3. The normalized spacial score (nSPS) is 21.8. The minimum Gasteiger partial charge on any atom is -0.493 e. The van der Waals surface area contributed by atoms with Gasteiger partial charge in [0.25, 0.3) is 5.91 Å². The zero-order valence-electron chi connectivity index (χ0n) is 25.1. The maximum absolute atomic E-state index is 13.3. The minimum atomic E-state index is -0.927. The molecule has 0 unspecified atom stereocenters. The Morgan fingerprint density at radius 3 is 2.38 bits per heavy atom. The summed E-state index contributed by atoms with van der Waals surface area (Å²) in [5.41, 5.74) is -0.114. The van der Waals surface area contributed by atoms with E-state index in [0.717, 1.165) is 0 Å². The van der Waals surface area contributed by atoms with E-state index in [-0.39, 0.29) is 29.2 Å². The van der Waals surface area contributed by atoms with Crippen LogP contribution in [0, 0.1) is 17.8 Å². The molecule has 1 aromatic heterocycles. The van der Waals surface area contributed by atoms with E-state index in [9.17, 15) is 14.4 Å². The first-order valence-corrected chi connectivity index (χ1v) is 14.0. The van der Waals surface area contributed by atoms with Crippen LogP contribution in [-0.2, 0) is 28.5 Å². The van der Waals surface area contributed by atoms with E-state index in [1.165, 1.54) is 19.4 Å². The van der Waals surface area contributed by atoms with Gasteiger partial charge in [-0.15, -0.1) is 0 Å². The molecule has 2 rings (SSSR count). The number of aromatic nitrogens is 1. The highest BCUT2D eigenvalue weighted by Crippen LogP contribution is 2.30. The molecule has 40 heavy (non-hydrogen) atoms. The van der Waals surface area contributed by atoms with Crippen molar-refractivity contribution < 1.29 is 42.8 Å². The van der Waals surface area contributed by atoms with Crippen molar-refractivity contribution in [3.8, 4) is 11.5 Å².